The average molecular weight is 337 g/mol. The number of rotatable bonds is 5. The van der Waals surface area contributed by atoms with Crippen LogP contribution in [-0.4, -0.2) is 51.2 Å². The largest absolute Gasteiger partial charge is 0.481 e. The maximum atomic E-state index is 12.3. The van der Waals surface area contributed by atoms with E-state index in [1.165, 1.54) is 11.8 Å². The molecule has 126 valence electrons. The van der Waals surface area contributed by atoms with Gasteiger partial charge in [0.15, 0.2) is 5.16 Å². The van der Waals surface area contributed by atoms with E-state index in [1.807, 2.05) is 20.1 Å². The van der Waals surface area contributed by atoms with Gasteiger partial charge in [0, 0.05) is 30.9 Å². The Labute approximate surface area is 140 Å². The Bertz CT molecular complexity index is 575. The number of amides is 1. The summed E-state index contributed by atoms with van der Waals surface area (Å²) in [5, 5.41) is 9.76. The summed E-state index contributed by atoms with van der Waals surface area (Å²) in [5.41, 5.74) is 2.90. The van der Waals surface area contributed by atoms with Crippen LogP contribution in [0.2, 0.25) is 0 Å². The molecule has 2 heterocycles. The Balaban J connectivity index is 1.91. The number of carboxylic acid groups (broad SMARTS) is 1. The van der Waals surface area contributed by atoms with E-state index >= 15 is 0 Å². The number of aryl methyl sites for hydroxylation is 2. The van der Waals surface area contributed by atoms with E-state index in [0.29, 0.717) is 38.8 Å². The molecule has 1 aliphatic rings. The molecule has 7 heteroatoms. The van der Waals surface area contributed by atoms with Gasteiger partial charge in [-0.25, -0.2) is 9.97 Å². The van der Waals surface area contributed by atoms with Crippen molar-refractivity contribution in [1.29, 1.82) is 0 Å². The van der Waals surface area contributed by atoms with Gasteiger partial charge >= 0.3 is 5.97 Å². The lowest BCUT2D eigenvalue weighted by atomic mass is 9.96. The highest BCUT2D eigenvalue weighted by Gasteiger charge is 2.26. The fourth-order valence-electron chi connectivity index (χ4n) is 2.93. The summed E-state index contributed by atoms with van der Waals surface area (Å²) in [7, 11) is 0. The number of piperidine rings is 1. The van der Waals surface area contributed by atoms with Crippen LogP contribution < -0.4 is 0 Å². The quantitative estimate of drug-likeness (QED) is 0.654. The highest BCUT2D eigenvalue weighted by atomic mass is 32.2. The predicted molar refractivity (Wildman–Crippen MR) is 88.5 cm³/mol. The number of carbonyl (C=O) groups excluding carboxylic acids is 1. The predicted octanol–water partition coefficient (Wildman–Crippen LogP) is 2.07. The molecule has 1 fully saturated rings. The van der Waals surface area contributed by atoms with E-state index in [9.17, 15) is 9.59 Å². The molecule has 1 aliphatic heterocycles. The molecule has 0 spiro atoms. The van der Waals surface area contributed by atoms with Gasteiger partial charge in [-0.2, -0.15) is 0 Å². The van der Waals surface area contributed by atoms with E-state index in [-0.39, 0.29) is 11.8 Å². The number of aromatic nitrogens is 2. The van der Waals surface area contributed by atoms with Gasteiger partial charge in [-0.1, -0.05) is 11.8 Å². The molecule has 1 aromatic heterocycles. The van der Waals surface area contributed by atoms with Crippen LogP contribution in [0.1, 0.15) is 36.2 Å². The maximum Gasteiger partial charge on any atom is 0.306 e. The van der Waals surface area contributed by atoms with Crippen LogP contribution in [0.25, 0.3) is 0 Å². The van der Waals surface area contributed by atoms with Crippen molar-refractivity contribution in [3.63, 3.8) is 0 Å². The van der Waals surface area contributed by atoms with Crippen molar-refractivity contribution in [2.45, 2.75) is 44.7 Å². The fourth-order valence-corrected chi connectivity index (χ4v) is 3.38. The van der Waals surface area contributed by atoms with Gasteiger partial charge in [0.05, 0.1) is 5.92 Å². The number of carboxylic acids is 1. The van der Waals surface area contributed by atoms with Crippen molar-refractivity contribution in [3.05, 3.63) is 17.0 Å². The lowest BCUT2D eigenvalue weighted by Crippen LogP contribution is -2.40. The zero-order valence-corrected chi connectivity index (χ0v) is 14.7. The first-order chi connectivity index (χ1) is 10.9. The minimum Gasteiger partial charge on any atom is -0.481 e. The van der Waals surface area contributed by atoms with Crippen molar-refractivity contribution in [3.8, 4) is 0 Å². The second-order valence-corrected chi connectivity index (χ2v) is 6.63. The lowest BCUT2D eigenvalue weighted by molar-refractivity contribution is -0.145. The molecule has 0 bridgehead atoms. The first kappa shape index (κ1) is 17.7. The highest BCUT2D eigenvalue weighted by Crippen LogP contribution is 2.20. The third kappa shape index (κ3) is 4.43. The summed E-state index contributed by atoms with van der Waals surface area (Å²) in [6.45, 7) is 4.98. The van der Waals surface area contributed by atoms with Gasteiger partial charge in [-0.05, 0) is 44.9 Å². The smallest absolute Gasteiger partial charge is 0.306 e. The van der Waals surface area contributed by atoms with Gasteiger partial charge < -0.3 is 10.0 Å². The second-order valence-electron chi connectivity index (χ2n) is 5.85. The molecule has 0 atom stereocenters. The van der Waals surface area contributed by atoms with Gasteiger partial charge in [-0.3, -0.25) is 9.59 Å². The second kappa shape index (κ2) is 7.77. The molecule has 1 N–H and O–H groups in total. The number of likely N-dealkylation sites (tertiary alicyclic amines) is 1. The van der Waals surface area contributed by atoms with Crippen molar-refractivity contribution in [2.75, 3.05) is 19.3 Å². The van der Waals surface area contributed by atoms with Crippen molar-refractivity contribution in [2.24, 2.45) is 5.92 Å². The van der Waals surface area contributed by atoms with Gasteiger partial charge in [0.2, 0.25) is 5.91 Å². The molecule has 23 heavy (non-hydrogen) atoms. The molecule has 1 saturated heterocycles. The third-order valence-electron chi connectivity index (χ3n) is 4.37. The van der Waals surface area contributed by atoms with Gasteiger partial charge in [0.25, 0.3) is 0 Å². The molecule has 0 saturated carbocycles. The minimum atomic E-state index is -0.755. The summed E-state index contributed by atoms with van der Waals surface area (Å²) >= 11 is 1.51. The SMILES string of the molecule is CSc1nc(C)c(CCC(=O)N2CCC(C(=O)O)CC2)c(C)n1. The minimum absolute atomic E-state index is 0.0848. The van der Waals surface area contributed by atoms with Crippen molar-refractivity contribution < 1.29 is 14.7 Å². The molecular weight excluding hydrogens is 314 g/mol. The summed E-state index contributed by atoms with van der Waals surface area (Å²) < 4.78 is 0. The molecule has 1 amide bonds. The number of hydrogen-bond acceptors (Lipinski definition) is 5. The number of hydrogen-bond donors (Lipinski definition) is 1. The Morgan fingerprint density at radius 2 is 1.78 bits per heavy atom. The summed E-state index contributed by atoms with van der Waals surface area (Å²) in [5.74, 6) is -0.980. The summed E-state index contributed by atoms with van der Waals surface area (Å²) in [6, 6.07) is 0. The molecule has 0 radical (unpaired) electrons. The lowest BCUT2D eigenvalue weighted by Gasteiger charge is -2.30. The van der Waals surface area contributed by atoms with Crippen LogP contribution in [0.4, 0.5) is 0 Å². The molecule has 1 aromatic rings. The van der Waals surface area contributed by atoms with E-state index in [1.54, 1.807) is 4.90 Å². The normalized spacial score (nSPS) is 15.7. The van der Waals surface area contributed by atoms with Crippen molar-refractivity contribution in [1.82, 2.24) is 14.9 Å². The number of aliphatic carboxylic acids is 1. The number of thioether (sulfide) groups is 1. The Morgan fingerprint density at radius 1 is 1.22 bits per heavy atom. The van der Waals surface area contributed by atoms with Crippen LogP contribution >= 0.6 is 11.8 Å². The van der Waals surface area contributed by atoms with E-state index < -0.39 is 5.97 Å². The van der Waals surface area contributed by atoms with E-state index in [0.717, 1.165) is 22.1 Å². The Hall–Kier alpha value is -1.63. The molecule has 0 aromatic carbocycles. The van der Waals surface area contributed by atoms with Crippen LogP contribution in [0.3, 0.4) is 0 Å². The first-order valence-electron chi connectivity index (χ1n) is 7.81. The monoisotopic (exact) mass is 337 g/mol. The number of nitrogens with zero attached hydrogens (tertiary/aromatic N) is 3. The molecule has 6 nitrogen and oxygen atoms in total. The van der Waals surface area contributed by atoms with Crippen molar-refractivity contribution >= 4 is 23.6 Å². The molecule has 2 rings (SSSR count). The summed E-state index contributed by atoms with van der Waals surface area (Å²) in [6.07, 6.45) is 4.08. The average Bonchev–Trinajstić information content (AvgIpc) is 2.53. The van der Waals surface area contributed by atoms with E-state index in [2.05, 4.69) is 9.97 Å². The summed E-state index contributed by atoms with van der Waals surface area (Å²) in [4.78, 5) is 33.9. The van der Waals surface area contributed by atoms with Crippen LogP contribution in [0, 0.1) is 19.8 Å². The van der Waals surface area contributed by atoms with Crippen LogP contribution in [0.15, 0.2) is 5.16 Å². The topological polar surface area (TPSA) is 83.4 Å². The van der Waals surface area contributed by atoms with Crippen LogP contribution in [0.5, 0.6) is 0 Å². The molecule has 0 unspecified atom stereocenters. The Morgan fingerprint density at radius 3 is 2.26 bits per heavy atom. The Kier molecular flexibility index (Phi) is 5.98. The van der Waals surface area contributed by atoms with Crippen LogP contribution in [-0.2, 0) is 16.0 Å². The molecule has 0 aliphatic carbocycles. The third-order valence-corrected chi connectivity index (χ3v) is 4.92. The van der Waals surface area contributed by atoms with E-state index in [4.69, 9.17) is 5.11 Å². The maximum absolute atomic E-state index is 12.3. The van der Waals surface area contributed by atoms with Gasteiger partial charge in [-0.15, -0.1) is 0 Å². The fraction of sp³-hybridized carbons (Fsp3) is 0.625. The number of carbonyl (C=O) groups is 2. The first-order valence-corrected chi connectivity index (χ1v) is 9.03. The highest BCUT2D eigenvalue weighted by molar-refractivity contribution is 7.98. The molecular formula is C16H23N3O3S. The standard InChI is InChI=1S/C16H23N3O3S/c1-10-13(11(2)18-16(17-10)23-3)4-5-14(20)19-8-6-12(7-9-19)15(21)22/h12H,4-9H2,1-3H3,(H,21,22). The van der Waals surface area contributed by atoms with Gasteiger partial charge in [0.1, 0.15) is 0 Å². The zero-order chi connectivity index (χ0) is 17.0. The zero-order valence-electron chi connectivity index (χ0n) is 13.8.